The van der Waals surface area contributed by atoms with E-state index in [-0.39, 0.29) is 5.91 Å². The van der Waals surface area contributed by atoms with Crippen molar-refractivity contribution >= 4 is 39.1 Å². The standard InChI is InChI=1S/C15H14BrClN2O/c1-9-3-2-4-12(14(9)16)18-15(20)13-7-10(17)8-19(13)11-5-6-11/h2-4,7-8,11H,5-6H2,1H3,(H,18,20). The monoisotopic (exact) mass is 352 g/mol. The number of carbonyl (C=O) groups excluding carboxylic acids is 1. The van der Waals surface area contributed by atoms with Gasteiger partial charge >= 0.3 is 0 Å². The second-order valence-electron chi connectivity index (χ2n) is 5.07. The number of amides is 1. The lowest BCUT2D eigenvalue weighted by atomic mass is 10.2. The number of nitrogens with one attached hydrogen (secondary N) is 1. The van der Waals surface area contributed by atoms with Crippen molar-refractivity contribution < 1.29 is 4.79 Å². The van der Waals surface area contributed by atoms with Crippen molar-refractivity contribution in [3.8, 4) is 0 Å². The van der Waals surface area contributed by atoms with Crippen LogP contribution in [0, 0.1) is 6.92 Å². The van der Waals surface area contributed by atoms with E-state index in [9.17, 15) is 4.79 Å². The van der Waals surface area contributed by atoms with E-state index in [0.717, 1.165) is 28.6 Å². The fraction of sp³-hybridized carbons (Fsp3) is 0.267. The summed E-state index contributed by atoms with van der Waals surface area (Å²) in [4.78, 5) is 12.4. The van der Waals surface area contributed by atoms with Crippen LogP contribution in [0.5, 0.6) is 0 Å². The number of hydrogen-bond acceptors (Lipinski definition) is 1. The zero-order chi connectivity index (χ0) is 14.3. The van der Waals surface area contributed by atoms with Crippen LogP contribution >= 0.6 is 27.5 Å². The molecule has 0 atom stereocenters. The summed E-state index contributed by atoms with van der Waals surface area (Å²) in [5.41, 5.74) is 2.47. The lowest BCUT2D eigenvalue weighted by Crippen LogP contribution is -2.16. The normalized spacial score (nSPS) is 14.3. The van der Waals surface area contributed by atoms with Gasteiger partial charge in [0.05, 0.1) is 10.7 Å². The Morgan fingerprint density at radius 1 is 1.45 bits per heavy atom. The second kappa shape index (κ2) is 5.26. The molecule has 1 fully saturated rings. The molecule has 0 spiro atoms. The fourth-order valence-electron chi connectivity index (χ4n) is 2.21. The lowest BCUT2D eigenvalue weighted by Gasteiger charge is -2.11. The molecule has 1 N–H and O–H groups in total. The molecule has 0 saturated heterocycles. The Bertz CT molecular complexity index is 677. The summed E-state index contributed by atoms with van der Waals surface area (Å²) in [5.74, 6) is -0.130. The van der Waals surface area contributed by atoms with Gasteiger partial charge in [-0.3, -0.25) is 4.79 Å². The molecule has 0 radical (unpaired) electrons. The number of hydrogen-bond donors (Lipinski definition) is 1. The molecule has 1 heterocycles. The van der Waals surface area contributed by atoms with Gasteiger partial charge in [0.2, 0.25) is 0 Å². The Balaban J connectivity index is 1.88. The zero-order valence-corrected chi connectivity index (χ0v) is 13.3. The van der Waals surface area contributed by atoms with Crippen LogP contribution in [-0.4, -0.2) is 10.5 Å². The molecular formula is C15H14BrClN2O. The molecule has 3 rings (SSSR count). The Morgan fingerprint density at radius 2 is 2.20 bits per heavy atom. The Kier molecular flexibility index (Phi) is 3.61. The molecule has 0 bridgehead atoms. The van der Waals surface area contributed by atoms with Crippen molar-refractivity contribution in [1.82, 2.24) is 4.57 Å². The van der Waals surface area contributed by atoms with E-state index >= 15 is 0 Å². The highest BCUT2D eigenvalue weighted by molar-refractivity contribution is 9.10. The van der Waals surface area contributed by atoms with Gasteiger partial charge in [-0.15, -0.1) is 0 Å². The first-order valence-corrected chi connectivity index (χ1v) is 7.67. The van der Waals surface area contributed by atoms with Crippen LogP contribution < -0.4 is 5.32 Å². The third kappa shape index (κ3) is 2.63. The van der Waals surface area contributed by atoms with Gasteiger partial charge in [0.15, 0.2) is 0 Å². The average molecular weight is 354 g/mol. The number of halogens is 2. The van der Waals surface area contributed by atoms with E-state index in [1.807, 2.05) is 35.9 Å². The highest BCUT2D eigenvalue weighted by Gasteiger charge is 2.28. The topological polar surface area (TPSA) is 34.0 Å². The zero-order valence-electron chi connectivity index (χ0n) is 11.0. The van der Waals surface area contributed by atoms with Crippen molar-refractivity contribution in [2.75, 3.05) is 5.32 Å². The van der Waals surface area contributed by atoms with Gasteiger partial charge in [0.25, 0.3) is 5.91 Å². The molecule has 1 aliphatic carbocycles. The molecule has 0 aliphatic heterocycles. The highest BCUT2D eigenvalue weighted by atomic mass is 79.9. The van der Waals surface area contributed by atoms with Gasteiger partial charge in [-0.1, -0.05) is 23.7 Å². The number of carbonyl (C=O) groups is 1. The lowest BCUT2D eigenvalue weighted by molar-refractivity contribution is 0.101. The number of rotatable bonds is 3. The summed E-state index contributed by atoms with van der Waals surface area (Å²) in [5, 5.41) is 3.54. The van der Waals surface area contributed by atoms with Gasteiger partial charge < -0.3 is 9.88 Å². The SMILES string of the molecule is Cc1cccc(NC(=O)c2cc(Cl)cn2C2CC2)c1Br. The van der Waals surface area contributed by atoms with Crippen molar-refractivity contribution in [3.63, 3.8) is 0 Å². The van der Waals surface area contributed by atoms with Gasteiger partial charge in [-0.25, -0.2) is 0 Å². The smallest absolute Gasteiger partial charge is 0.272 e. The minimum Gasteiger partial charge on any atom is -0.339 e. The highest BCUT2D eigenvalue weighted by Crippen LogP contribution is 2.37. The molecule has 2 aromatic rings. The minimum absolute atomic E-state index is 0.130. The molecule has 1 amide bonds. The average Bonchev–Trinajstić information content (AvgIpc) is 3.18. The maximum Gasteiger partial charge on any atom is 0.272 e. The summed E-state index contributed by atoms with van der Waals surface area (Å²) in [7, 11) is 0. The van der Waals surface area contributed by atoms with Crippen LogP contribution in [0.2, 0.25) is 5.02 Å². The molecule has 1 saturated carbocycles. The van der Waals surface area contributed by atoms with Crippen LogP contribution in [0.4, 0.5) is 5.69 Å². The van der Waals surface area contributed by atoms with Gasteiger partial charge in [0.1, 0.15) is 5.69 Å². The van der Waals surface area contributed by atoms with E-state index in [1.165, 1.54) is 0 Å². The first-order chi connectivity index (χ1) is 9.56. The predicted molar refractivity (Wildman–Crippen MR) is 84.5 cm³/mol. The van der Waals surface area contributed by atoms with Crippen molar-refractivity contribution in [1.29, 1.82) is 0 Å². The maximum atomic E-state index is 12.4. The molecule has 1 aromatic heterocycles. The Morgan fingerprint density at radius 3 is 2.90 bits per heavy atom. The maximum absolute atomic E-state index is 12.4. The van der Waals surface area contributed by atoms with E-state index < -0.39 is 0 Å². The summed E-state index contributed by atoms with van der Waals surface area (Å²) < 4.78 is 2.88. The Hall–Kier alpha value is -1.26. The molecule has 104 valence electrons. The fourth-order valence-corrected chi connectivity index (χ4v) is 2.78. The first kappa shape index (κ1) is 13.7. The third-order valence-corrected chi connectivity index (χ3v) is 4.69. The van der Waals surface area contributed by atoms with Crippen molar-refractivity contribution in [2.45, 2.75) is 25.8 Å². The molecule has 1 aliphatic rings. The quantitative estimate of drug-likeness (QED) is 0.845. The molecular weight excluding hydrogens is 340 g/mol. The van der Waals surface area contributed by atoms with Crippen molar-refractivity contribution in [3.05, 3.63) is 51.2 Å². The summed E-state index contributed by atoms with van der Waals surface area (Å²) in [6, 6.07) is 7.93. The van der Waals surface area contributed by atoms with Crippen LogP contribution in [0.3, 0.4) is 0 Å². The van der Waals surface area contributed by atoms with E-state index in [4.69, 9.17) is 11.6 Å². The molecule has 20 heavy (non-hydrogen) atoms. The van der Waals surface area contributed by atoms with Crippen LogP contribution in [0.1, 0.15) is 34.9 Å². The molecule has 3 nitrogen and oxygen atoms in total. The summed E-state index contributed by atoms with van der Waals surface area (Å²) >= 11 is 9.53. The van der Waals surface area contributed by atoms with Crippen LogP contribution in [0.15, 0.2) is 34.9 Å². The Labute approximate surface area is 131 Å². The van der Waals surface area contributed by atoms with Crippen LogP contribution in [-0.2, 0) is 0 Å². The van der Waals surface area contributed by atoms with E-state index in [0.29, 0.717) is 16.8 Å². The first-order valence-electron chi connectivity index (χ1n) is 6.50. The van der Waals surface area contributed by atoms with E-state index in [2.05, 4.69) is 21.2 Å². The molecule has 1 aromatic carbocycles. The summed E-state index contributed by atoms with van der Waals surface area (Å²) in [6.07, 6.45) is 4.05. The molecule has 5 heteroatoms. The van der Waals surface area contributed by atoms with Gasteiger partial charge in [0, 0.05) is 16.7 Å². The minimum atomic E-state index is -0.130. The van der Waals surface area contributed by atoms with Crippen molar-refractivity contribution in [2.24, 2.45) is 0 Å². The molecule has 0 unspecified atom stereocenters. The second-order valence-corrected chi connectivity index (χ2v) is 6.30. The largest absolute Gasteiger partial charge is 0.339 e. The van der Waals surface area contributed by atoms with Crippen LogP contribution in [0.25, 0.3) is 0 Å². The number of nitrogens with zero attached hydrogens (tertiary/aromatic N) is 1. The predicted octanol–water partition coefficient (Wildman–Crippen LogP) is 4.80. The number of aryl methyl sites for hydroxylation is 1. The van der Waals surface area contributed by atoms with Gasteiger partial charge in [-0.05, 0) is 53.4 Å². The van der Waals surface area contributed by atoms with Gasteiger partial charge in [-0.2, -0.15) is 0 Å². The number of aromatic nitrogens is 1. The van der Waals surface area contributed by atoms with E-state index in [1.54, 1.807) is 6.07 Å². The third-order valence-electron chi connectivity index (χ3n) is 3.43. The summed E-state index contributed by atoms with van der Waals surface area (Å²) in [6.45, 7) is 1.99. The number of benzene rings is 1. The number of anilines is 1.